The van der Waals surface area contributed by atoms with E-state index in [-0.39, 0.29) is 35.9 Å². The molecule has 0 amide bonds. The molecule has 1 heterocycles. The fourth-order valence-corrected chi connectivity index (χ4v) is 3.13. The van der Waals surface area contributed by atoms with Crippen molar-refractivity contribution in [3.8, 4) is 0 Å². The van der Waals surface area contributed by atoms with Crippen LogP contribution in [0, 0.1) is 5.92 Å². The van der Waals surface area contributed by atoms with E-state index in [2.05, 4.69) is 44.8 Å². The number of rotatable bonds is 7. The zero-order valence-electron chi connectivity index (χ0n) is 15.9. The third kappa shape index (κ3) is 6.75. The number of benzene rings is 1. The Balaban J connectivity index is 0.00000338. The van der Waals surface area contributed by atoms with Gasteiger partial charge in [-0.25, -0.2) is 0 Å². The number of methoxy groups -OCH3 is 1. The predicted molar refractivity (Wildman–Crippen MR) is 116 cm³/mol. The van der Waals surface area contributed by atoms with Gasteiger partial charge in [-0.15, -0.1) is 24.0 Å². The van der Waals surface area contributed by atoms with Crippen LogP contribution in [0.4, 0.5) is 0 Å². The van der Waals surface area contributed by atoms with Crippen LogP contribution in [0.2, 0.25) is 0 Å². The molecule has 0 saturated carbocycles. The first kappa shape index (κ1) is 22.7. The van der Waals surface area contributed by atoms with Crippen LogP contribution >= 0.6 is 24.0 Å². The summed E-state index contributed by atoms with van der Waals surface area (Å²) < 4.78 is 4.76. The second-order valence-corrected chi connectivity index (χ2v) is 6.43. The van der Waals surface area contributed by atoms with Crippen molar-refractivity contribution in [1.82, 2.24) is 15.5 Å². The number of nitrogens with zero attached hydrogens (tertiary/aromatic N) is 2. The lowest BCUT2D eigenvalue weighted by Gasteiger charge is -2.29. The van der Waals surface area contributed by atoms with Gasteiger partial charge in [0.05, 0.1) is 19.1 Å². The molecule has 2 atom stereocenters. The van der Waals surface area contributed by atoms with E-state index >= 15 is 0 Å². The second-order valence-electron chi connectivity index (χ2n) is 6.43. The first-order valence-electron chi connectivity index (χ1n) is 8.97. The summed E-state index contributed by atoms with van der Waals surface area (Å²) in [6, 6.07) is 10.9. The minimum absolute atomic E-state index is 0. The summed E-state index contributed by atoms with van der Waals surface area (Å²) in [5, 5.41) is 6.60. The van der Waals surface area contributed by atoms with E-state index in [4.69, 9.17) is 4.74 Å². The van der Waals surface area contributed by atoms with Crippen molar-refractivity contribution >= 4 is 35.9 Å². The Morgan fingerprint density at radius 3 is 2.38 bits per heavy atom. The minimum Gasteiger partial charge on any atom is -0.469 e. The summed E-state index contributed by atoms with van der Waals surface area (Å²) >= 11 is 0. The zero-order chi connectivity index (χ0) is 18.1. The first-order valence-corrected chi connectivity index (χ1v) is 8.97. The van der Waals surface area contributed by atoms with E-state index in [1.807, 2.05) is 13.0 Å². The number of likely N-dealkylation sites (tertiary alicyclic amines) is 1. The van der Waals surface area contributed by atoms with E-state index in [0.717, 1.165) is 19.6 Å². The van der Waals surface area contributed by atoms with Gasteiger partial charge in [-0.3, -0.25) is 14.7 Å². The summed E-state index contributed by atoms with van der Waals surface area (Å²) in [5.74, 6) is 0.269. The average Bonchev–Trinajstić information content (AvgIpc) is 3.18. The summed E-state index contributed by atoms with van der Waals surface area (Å²) in [5.41, 5.74) is 1.32. The molecule has 1 saturated heterocycles. The van der Waals surface area contributed by atoms with E-state index in [9.17, 15) is 4.79 Å². The Kier molecular flexibility index (Phi) is 10.6. The molecule has 26 heavy (non-hydrogen) atoms. The minimum atomic E-state index is -0.220. The van der Waals surface area contributed by atoms with Crippen molar-refractivity contribution < 1.29 is 9.53 Å². The number of nitrogens with one attached hydrogen (secondary N) is 2. The van der Waals surface area contributed by atoms with Crippen LogP contribution in [0.3, 0.4) is 0 Å². The van der Waals surface area contributed by atoms with Gasteiger partial charge in [-0.05, 0) is 31.5 Å². The lowest BCUT2D eigenvalue weighted by atomic mass is 10.1. The normalized spacial score (nSPS) is 17.1. The van der Waals surface area contributed by atoms with Gasteiger partial charge < -0.3 is 15.4 Å². The van der Waals surface area contributed by atoms with Gasteiger partial charge in [0.1, 0.15) is 0 Å². The molecule has 0 bridgehead atoms. The lowest BCUT2D eigenvalue weighted by molar-refractivity contribution is -0.144. The summed E-state index contributed by atoms with van der Waals surface area (Å²) in [6.45, 7) is 5.37. The number of ether oxygens (including phenoxy) is 1. The van der Waals surface area contributed by atoms with Crippen LogP contribution in [0.15, 0.2) is 35.3 Å². The first-order chi connectivity index (χ1) is 12.2. The molecular formula is C19H31IN4O2. The fraction of sp³-hybridized carbons (Fsp3) is 0.579. The Morgan fingerprint density at radius 1 is 1.19 bits per heavy atom. The molecule has 146 valence electrons. The SMILES string of the molecule is CN=C(NCC(C)C(=O)OC)NCC(c1ccccc1)N1CCCC1.I. The molecule has 7 heteroatoms. The zero-order valence-corrected chi connectivity index (χ0v) is 18.2. The molecular weight excluding hydrogens is 443 g/mol. The van der Waals surface area contributed by atoms with Crippen molar-refractivity contribution in [2.24, 2.45) is 10.9 Å². The molecule has 0 radical (unpaired) electrons. The topological polar surface area (TPSA) is 66.0 Å². The highest BCUT2D eigenvalue weighted by Gasteiger charge is 2.23. The second kappa shape index (κ2) is 12.1. The van der Waals surface area contributed by atoms with Crippen LogP contribution in [-0.2, 0) is 9.53 Å². The number of carbonyl (C=O) groups is 1. The molecule has 1 fully saturated rings. The van der Waals surface area contributed by atoms with Crippen molar-refractivity contribution in [2.75, 3.05) is 40.3 Å². The van der Waals surface area contributed by atoms with Gasteiger partial charge in [-0.2, -0.15) is 0 Å². The maximum Gasteiger partial charge on any atom is 0.310 e. The quantitative estimate of drug-likeness (QED) is 0.275. The number of guanidine groups is 1. The number of aliphatic imine (C=N–C) groups is 1. The monoisotopic (exact) mass is 474 g/mol. The van der Waals surface area contributed by atoms with Gasteiger partial charge in [-0.1, -0.05) is 37.3 Å². The van der Waals surface area contributed by atoms with Crippen LogP contribution in [0.5, 0.6) is 0 Å². The van der Waals surface area contributed by atoms with Crippen LogP contribution < -0.4 is 10.6 Å². The van der Waals surface area contributed by atoms with Crippen LogP contribution in [0.1, 0.15) is 31.4 Å². The number of hydrogen-bond acceptors (Lipinski definition) is 4. The largest absolute Gasteiger partial charge is 0.469 e. The molecule has 0 aromatic heterocycles. The van der Waals surface area contributed by atoms with E-state index < -0.39 is 0 Å². The highest BCUT2D eigenvalue weighted by molar-refractivity contribution is 14.0. The third-order valence-corrected chi connectivity index (χ3v) is 4.63. The number of hydrogen-bond donors (Lipinski definition) is 2. The Hall–Kier alpha value is -1.35. The van der Waals surface area contributed by atoms with Gasteiger partial charge in [0, 0.05) is 20.1 Å². The van der Waals surface area contributed by atoms with Gasteiger partial charge in [0.2, 0.25) is 0 Å². The molecule has 2 rings (SSSR count). The molecule has 0 spiro atoms. The maximum atomic E-state index is 11.5. The molecule has 1 aromatic carbocycles. The molecule has 6 nitrogen and oxygen atoms in total. The predicted octanol–water partition coefficient (Wildman–Crippen LogP) is 2.42. The standard InChI is InChI=1S/C19H30N4O2.HI/c1-15(18(24)25-3)13-21-19(20-2)22-14-17(23-11-7-8-12-23)16-9-5-4-6-10-16;/h4-6,9-10,15,17H,7-8,11-14H2,1-3H3,(H2,20,21,22);1H. The summed E-state index contributed by atoms with van der Waals surface area (Å²) in [4.78, 5) is 18.3. The van der Waals surface area contributed by atoms with Gasteiger partial charge in [0.15, 0.2) is 5.96 Å². The number of halogens is 1. The average molecular weight is 474 g/mol. The van der Waals surface area contributed by atoms with Crippen LogP contribution in [-0.4, -0.2) is 57.2 Å². The summed E-state index contributed by atoms with van der Waals surface area (Å²) in [7, 11) is 3.15. The third-order valence-electron chi connectivity index (χ3n) is 4.63. The Morgan fingerprint density at radius 2 is 1.81 bits per heavy atom. The van der Waals surface area contributed by atoms with E-state index in [1.165, 1.54) is 25.5 Å². The Bertz CT molecular complexity index is 562. The molecule has 0 aliphatic carbocycles. The van der Waals surface area contributed by atoms with Crippen molar-refractivity contribution in [1.29, 1.82) is 0 Å². The molecule has 1 aliphatic rings. The fourth-order valence-electron chi connectivity index (χ4n) is 3.13. The van der Waals surface area contributed by atoms with Crippen molar-refractivity contribution in [3.05, 3.63) is 35.9 Å². The Labute approximate surface area is 173 Å². The van der Waals surface area contributed by atoms with Gasteiger partial charge >= 0.3 is 5.97 Å². The number of esters is 1. The van der Waals surface area contributed by atoms with Crippen LogP contribution in [0.25, 0.3) is 0 Å². The molecule has 1 aromatic rings. The smallest absolute Gasteiger partial charge is 0.310 e. The van der Waals surface area contributed by atoms with Crippen molar-refractivity contribution in [2.45, 2.75) is 25.8 Å². The number of carbonyl (C=O) groups excluding carboxylic acids is 1. The van der Waals surface area contributed by atoms with Gasteiger partial charge in [0.25, 0.3) is 0 Å². The maximum absolute atomic E-state index is 11.5. The molecule has 1 aliphatic heterocycles. The molecule has 2 N–H and O–H groups in total. The highest BCUT2D eigenvalue weighted by atomic mass is 127. The summed E-state index contributed by atoms with van der Waals surface area (Å²) in [6.07, 6.45) is 2.51. The van der Waals surface area contributed by atoms with E-state index in [0.29, 0.717) is 18.5 Å². The highest BCUT2D eigenvalue weighted by Crippen LogP contribution is 2.24. The van der Waals surface area contributed by atoms with Crippen molar-refractivity contribution in [3.63, 3.8) is 0 Å². The molecule has 2 unspecified atom stereocenters. The van der Waals surface area contributed by atoms with E-state index in [1.54, 1.807) is 7.05 Å². The lowest BCUT2D eigenvalue weighted by Crippen LogP contribution is -2.44.